The van der Waals surface area contributed by atoms with Crippen LogP contribution >= 0.6 is 0 Å². The van der Waals surface area contributed by atoms with Crippen molar-refractivity contribution < 1.29 is 0 Å². The largest absolute Gasteiger partial charge is 0.326 e. The molecule has 0 spiro atoms. The Labute approximate surface area is 106 Å². The minimum absolute atomic E-state index is 0.0112. The molecule has 0 unspecified atom stereocenters. The summed E-state index contributed by atoms with van der Waals surface area (Å²) < 4.78 is 1.67. The van der Waals surface area contributed by atoms with Crippen molar-refractivity contribution >= 4 is 0 Å². The predicted octanol–water partition coefficient (Wildman–Crippen LogP) is 1.37. The third-order valence-corrected chi connectivity index (χ3v) is 2.93. The number of benzene rings is 1. The smallest absolute Gasteiger partial charge is 0.254 e. The van der Waals surface area contributed by atoms with Crippen molar-refractivity contribution in [3.05, 3.63) is 63.3 Å². The van der Waals surface area contributed by atoms with E-state index in [0.29, 0.717) is 13.1 Å². The number of hydrogen-bond donors (Lipinski definition) is 1. The number of aryl methyl sites for hydroxylation is 2. The van der Waals surface area contributed by atoms with E-state index >= 15 is 0 Å². The highest BCUT2D eigenvalue weighted by molar-refractivity contribution is 5.23. The molecule has 0 bridgehead atoms. The van der Waals surface area contributed by atoms with Crippen LogP contribution in [0.15, 0.2) is 35.1 Å². The Hall–Kier alpha value is -1.94. The highest BCUT2D eigenvalue weighted by atomic mass is 16.1. The van der Waals surface area contributed by atoms with Gasteiger partial charge in [0.25, 0.3) is 5.56 Å². The SMILES string of the molecule is Cc1cc(=O)n(Cc2ccc(CN)cc2)c(C)n1. The lowest BCUT2D eigenvalue weighted by atomic mass is 10.1. The lowest BCUT2D eigenvalue weighted by Crippen LogP contribution is -2.24. The van der Waals surface area contributed by atoms with Gasteiger partial charge in [0.05, 0.1) is 6.54 Å². The third-order valence-electron chi connectivity index (χ3n) is 2.93. The van der Waals surface area contributed by atoms with E-state index in [9.17, 15) is 4.79 Å². The summed E-state index contributed by atoms with van der Waals surface area (Å²) in [5.41, 5.74) is 8.46. The van der Waals surface area contributed by atoms with E-state index in [1.807, 2.05) is 38.1 Å². The zero-order valence-corrected chi connectivity index (χ0v) is 10.7. The van der Waals surface area contributed by atoms with Gasteiger partial charge in [-0.2, -0.15) is 0 Å². The minimum atomic E-state index is -0.0112. The van der Waals surface area contributed by atoms with Crippen LogP contribution in [0.4, 0.5) is 0 Å². The fourth-order valence-corrected chi connectivity index (χ4v) is 1.92. The van der Waals surface area contributed by atoms with Crippen molar-refractivity contribution in [2.75, 3.05) is 0 Å². The summed E-state index contributed by atoms with van der Waals surface area (Å²) >= 11 is 0. The number of hydrogen-bond acceptors (Lipinski definition) is 3. The molecule has 18 heavy (non-hydrogen) atoms. The lowest BCUT2D eigenvalue weighted by Gasteiger charge is -2.10. The summed E-state index contributed by atoms with van der Waals surface area (Å²) in [5, 5.41) is 0. The average Bonchev–Trinajstić information content (AvgIpc) is 2.34. The summed E-state index contributed by atoms with van der Waals surface area (Å²) in [6.07, 6.45) is 0. The van der Waals surface area contributed by atoms with Crippen molar-refractivity contribution in [2.45, 2.75) is 26.9 Å². The molecule has 2 rings (SSSR count). The van der Waals surface area contributed by atoms with Crippen LogP contribution in [0.25, 0.3) is 0 Å². The van der Waals surface area contributed by atoms with Gasteiger partial charge in [-0.25, -0.2) is 4.98 Å². The number of nitrogens with two attached hydrogens (primary N) is 1. The predicted molar refractivity (Wildman–Crippen MR) is 71.4 cm³/mol. The fourth-order valence-electron chi connectivity index (χ4n) is 1.92. The molecule has 0 radical (unpaired) electrons. The molecule has 0 atom stereocenters. The van der Waals surface area contributed by atoms with Gasteiger partial charge in [-0.15, -0.1) is 0 Å². The van der Waals surface area contributed by atoms with E-state index in [4.69, 9.17) is 5.73 Å². The average molecular weight is 243 g/mol. The number of nitrogens with zero attached hydrogens (tertiary/aromatic N) is 2. The Morgan fingerprint density at radius 1 is 1.17 bits per heavy atom. The molecule has 94 valence electrons. The Morgan fingerprint density at radius 2 is 1.78 bits per heavy atom. The molecule has 2 aromatic rings. The van der Waals surface area contributed by atoms with Crippen molar-refractivity contribution in [1.29, 1.82) is 0 Å². The molecule has 1 heterocycles. The maximum Gasteiger partial charge on any atom is 0.254 e. The fraction of sp³-hybridized carbons (Fsp3) is 0.286. The van der Waals surface area contributed by atoms with Crippen LogP contribution in [0.5, 0.6) is 0 Å². The molecule has 0 aliphatic heterocycles. The molecule has 0 saturated carbocycles. The first-order valence-electron chi connectivity index (χ1n) is 5.93. The summed E-state index contributed by atoms with van der Waals surface area (Å²) in [4.78, 5) is 16.2. The van der Waals surface area contributed by atoms with Gasteiger partial charge in [-0.3, -0.25) is 9.36 Å². The van der Waals surface area contributed by atoms with Gasteiger partial charge < -0.3 is 5.73 Å². The Balaban J connectivity index is 2.31. The van der Waals surface area contributed by atoms with Gasteiger partial charge in [-0.1, -0.05) is 24.3 Å². The van der Waals surface area contributed by atoms with Crippen LogP contribution in [0.1, 0.15) is 22.6 Å². The van der Waals surface area contributed by atoms with E-state index in [2.05, 4.69) is 4.98 Å². The van der Waals surface area contributed by atoms with Crippen molar-refractivity contribution in [3.63, 3.8) is 0 Å². The van der Waals surface area contributed by atoms with Crippen molar-refractivity contribution in [1.82, 2.24) is 9.55 Å². The summed E-state index contributed by atoms with van der Waals surface area (Å²) in [7, 11) is 0. The Morgan fingerprint density at radius 3 is 2.33 bits per heavy atom. The molecule has 4 nitrogen and oxygen atoms in total. The zero-order valence-electron chi connectivity index (χ0n) is 10.7. The molecular formula is C14H17N3O. The normalized spacial score (nSPS) is 10.6. The third kappa shape index (κ3) is 2.65. The molecule has 0 fully saturated rings. The lowest BCUT2D eigenvalue weighted by molar-refractivity contribution is 0.694. The molecule has 0 aliphatic rings. The molecule has 2 N–H and O–H groups in total. The maximum atomic E-state index is 11.9. The first-order chi connectivity index (χ1) is 8.60. The molecule has 1 aromatic heterocycles. The minimum Gasteiger partial charge on any atom is -0.326 e. The number of rotatable bonds is 3. The monoisotopic (exact) mass is 243 g/mol. The van der Waals surface area contributed by atoms with Crippen LogP contribution in [0.3, 0.4) is 0 Å². The van der Waals surface area contributed by atoms with Gasteiger partial charge >= 0.3 is 0 Å². The molecular weight excluding hydrogens is 226 g/mol. The van der Waals surface area contributed by atoms with E-state index in [1.54, 1.807) is 10.6 Å². The van der Waals surface area contributed by atoms with Gasteiger partial charge in [0.15, 0.2) is 0 Å². The Bertz CT molecular complexity index is 599. The molecule has 0 amide bonds. The highest BCUT2D eigenvalue weighted by Gasteiger charge is 2.03. The van der Waals surface area contributed by atoms with Gasteiger partial charge in [-0.05, 0) is 25.0 Å². The summed E-state index contributed by atoms with van der Waals surface area (Å²) in [6.45, 7) is 4.76. The van der Waals surface area contributed by atoms with Gasteiger partial charge in [0.1, 0.15) is 5.82 Å². The summed E-state index contributed by atoms with van der Waals surface area (Å²) in [6, 6.07) is 9.51. The topological polar surface area (TPSA) is 60.9 Å². The van der Waals surface area contributed by atoms with Gasteiger partial charge in [0, 0.05) is 18.3 Å². The maximum absolute atomic E-state index is 11.9. The van der Waals surface area contributed by atoms with Crippen molar-refractivity contribution in [3.8, 4) is 0 Å². The van der Waals surface area contributed by atoms with Crippen LogP contribution in [-0.2, 0) is 13.1 Å². The van der Waals surface area contributed by atoms with E-state index < -0.39 is 0 Å². The second kappa shape index (κ2) is 5.14. The highest BCUT2D eigenvalue weighted by Crippen LogP contribution is 2.06. The van der Waals surface area contributed by atoms with Crippen LogP contribution in [-0.4, -0.2) is 9.55 Å². The first-order valence-corrected chi connectivity index (χ1v) is 5.93. The second-order valence-corrected chi connectivity index (χ2v) is 4.39. The van der Waals surface area contributed by atoms with E-state index in [1.165, 1.54) is 0 Å². The molecule has 4 heteroatoms. The molecule has 0 saturated heterocycles. The van der Waals surface area contributed by atoms with E-state index in [-0.39, 0.29) is 5.56 Å². The first kappa shape index (κ1) is 12.5. The van der Waals surface area contributed by atoms with E-state index in [0.717, 1.165) is 22.6 Å². The van der Waals surface area contributed by atoms with Gasteiger partial charge in [0.2, 0.25) is 0 Å². The zero-order chi connectivity index (χ0) is 13.1. The number of aromatic nitrogens is 2. The Kier molecular flexibility index (Phi) is 3.58. The van der Waals surface area contributed by atoms with Crippen molar-refractivity contribution in [2.24, 2.45) is 5.73 Å². The van der Waals surface area contributed by atoms with Crippen LogP contribution in [0, 0.1) is 13.8 Å². The standard InChI is InChI=1S/C14H17N3O/c1-10-7-14(18)17(11(2)16-10)9-13-5-3-12(8-15)4-6-13/h3-7H,8-9,15H2,1-2H3. The molecule has 1 aromatic carbocycles. The van der Waals surface area contributed by atoms with Crippen LogP contribution < -0.4 is 11.3 Å². The molecule has 0 aliphatic carbocycles. The quantitative estimate of drug-likeness (QED) is 0.885. The summed E-state index contributed by atoms with van der Waals surface area (Å²) in [5.74, 6) is 0.739. The second-order valence-electron chi connectivity index (χ2n) is 4.39. The van der Waals surface area contributed by atoms with Crippen LogP contribution in [0.2, 0.25) is 0 Å².